The predicted octanol–water partition coefficient (Wildman–Crippen LogP) is 2.49. The molecule has 0 saturated carbocycles. The summed E-state index contributed by atoms with van der Waals surface area (Å²) in [6.07, 6.45) is 1.26. The number of rotatable bonds is 5. The van der Waals surface area contributed by atoms with Crippen molar-refractivity contribution in [1.29, 1.82) is 0 Å². The number of aliphatic hydroxyl groups excluding tert-OH is 1. The van der Waals surface area contributed by atoms with Gasteiger partial charge in [0.05, 0.1) is 5.69 Å². The smallest absolute Gasteiger partial charge is 0.253 e. The Hall–Kier alpha value is -0.820. The van der Waals surface area contributed by atoms with Crippen LogP contribution >= 0.6 is 22.6 Å². The van der Waals surface area contributed by atoms with E-state index in [1.807, 2.05) is 29.5 Å². The molecule has 0 aliphatic carbocycles. The third-order valence-electron chi connectivity index (χ3n) is 2.34. The number of aliphatic hydroxyl groups is 1. The van der Waals surface area contributed by atoms with Crippen molar-refractivity contribution in [3.63, 3.8) is 0 Å². The lowest BCUT2D eigenvalue weighted by Gasteiger charge is -2.12. The molecule has 0 aliphatic rings. The number of phenolic OH excluding ortho intramolecular Hbond substituents is 1. The van der Waals surface area contributed by atoms with Crippen LogP contribution in [0.25, 0.3) is 0 Å². The second-order valence-electron chi connectivity index (χ2n) is 3.81. The monoisotopic (exact) mass is 349 g/mol. The van der Waals surface area contributed by atoms with E-state index in [9.17, 15) is 15.0 Å². The van der Waals surface area contributed by atoms with Crippen molar-refractivity contribution in [1.82, 2.24) is 0 Å². The van der Waals surface area contributed by atoms with Gasteiger partial charge >= 0.3 is 0 Å². The maximum atomic E-state index is 11.6. The van der Waals surface area contributed by atoms with Gasteiger partial charge < -0.3 is 15.5 Å². The lowest BCUT2D eigenvalue weighted by atomic mass is 10.1. The van der Waals surface area contributed by atoms with Crippen molar-refractivity contribution >= 4 is 34.2 Å². The number of anilines is 1. The SMILES string of the molecule is CCCCC(O)C(=O)Nc1ccc(O)cc1I. The molecule has 5 heteroatoms. The Morgan fingerprint density at radius 1 is 1.53 bits per heavy atom. The van der Waals surface area contributed by atoms with Crippen LogP contribution in [0.2, 0.25) is 0 Å². The van der Waals surface area contributed by atoms with E-state index in [0.717, 1.165) is 16.4 Å². The Balaban J connectivity index is 2.61. The van der Waals surface area contributed by atoms with Gasteiger partial charge in [0, 0.05) is 3.57 Å². The lowest BCUT2D eigenvalue weighted by molar-refractivity contribution is -0.124. The Morgan fingerprint density at radius 3 is 2.82 bits per heavy atom. The van der Waals surface area contributed by atoms with Crippen molar-refractivity contribution in [3.8, 4) is 5.75 Å². The molecule has 4 nitrogen and oxygen atoms in total. The summed E-state index contributed by atoms with van der Waals surface area (Å²) < 4.78 is 0.735. The number of carbonyl (C=O) groups is 1. The predicted molar refractivity (Wildman–Crippen MR) is 75.0 cm³/mol. The number of benzene rings is 1. The Bertz CT molecular complexity index is 395. The van der Waals surface area contributed by atoms with E-state index in [0.29, 0.717) is 12.1 Å². The number of amides is 1. The minimum Gasteiger partial charge on any atom is -0.508 e. The zero-order valence-corrected chi connectivity index (χ0v) is 11.8. The maximum absolute atomic E-state index is 11.6. The first-order valence-corrected chi connectivity index (χ1v) is 6.60. The summed E-state index contributed by atoms with van der Waals surface area (Å²) in [6.45, 7) is 2.01. The lowest BCUT2D eigenvalue weighted by Crippen LogP contribution is -2.27. The summed E-state index contributed by atoms with van der Waals surface area (Å²) in [7, 11) is 0. The molecule has 0 heterocycles. The number of phenols is 1. The maximum Gasteiger partial charge on any atom is 0.253 e. The molecule has 0 spiro atoms. The van der Waals surface area contributed by atoms with Crippen LogP contribution in [0.15, 0.2) is 18.2 Å². The summed E-state index contributed by atoms with van der Waals surface area (Å²) in [4.78, 5) is 11.6. The first kappa shape index (κ1) is 14.2. The first-order chi connectivity index (χ1) is 8.04. The minimum atomic E-state index is -0.973. The Labute approximate surface area is 114 Å². The van der Waals surface area contributed by atoms with Crippen molar-refractivity contribution in [3.05, 3.63) is 21.8 Å². The molecule has 1 rings (SSSR count). The van der Waals surface area contributed by atoms with Gasteiger partial charge in [0.2, 0.25) is 0 Å². The molecule has 0 bridgehead atoms. The van der Waals surface area contributed by atoms with Gasteiger partial charge in [-0.2, -0.15) is 0 Å². The molecule has 0 aromatic heterocycles. The number of aromatic hydroxyl groups is 1. The average Bonchev–Trinajstić information content (AvgIpc) is 2.29. The second kappa shape index (κ2) is 6.80. The third-order valence-corrected chi connectivity index (χ3v) is 3.24. The van der Waals surface area contributed by atoms with Crippen LogP contribution < -0.4 is 5.32 Å². The topological polar surface area (TPSA) is 69.6 Å². The standard InChI is InChI=1S/C12H16INO3/c1-2-3-4-11(16)12(17)14-10-6-5-8(15)7-9(10)13/h5-7,11,15-16H,2-4H2,1H3,(H,14,17). The van der Waals surface area contributed by atoms with Crippen LogP contribution in [0.1, 0.15) is 26.2 Å². The summed E-state index contributed by atoms with van der Waals surface area (Å²) in [5, 5.41) is 21.5. The summed E-state index contributed by atoms with van der Waals surface area (Å²) in [5.74, 6) is -0.249. The number of carbonyl (C=O) groups excluding carboxylic acids is 1. The molecule has 1 aromatic carbocycles. The van der Waals surface area contributed by atoms with Crippen molar-refractivity contribution in [2.24, 2.45) is 0 Å². The third kappa shape index (κ3) is 4.51. The molecule has 0 fully saturated rings. The van der Waals surface area contributed by atoms with E-state index in [-0.39, 0.29) is 5.75 Å². The van der Waals surface area contributed by atoms with Crippen LogP contribution in [0, 0.1) is 3.57 Å². The summed E-state index contributed by atoms with van der Waals surface area (Å²) in [5.41, 5.74) is 0.601. The van der Waals surface area contributed by atoms with Gasteiger partial charge in [-0.25, -0.2) is 0 Å². The molecule has 3 N–H and O–H groups in total. The number of hydrogen-bond acceptors (Lipinski definition) is 3. The number of nitrogens with one attached hydrogen (secondary N) is 1. The molecular formula is C12H16INO3. The minimum absolute atomic E-state index is 0.152. The zero-order valence-electron chi connectivity index (χ0n) is 9.61. The van der Waals surface area contributed by atoms with E-state index in [2.05, 4.69) is 5.32 Å². The van der Waals surface area contributed by atoms with Crippen LogP contribution in [-0.4, -0.2) is 22.2 Å². The largest absolute Gasteiger partial charge is 0.508 e. The highest BCUT2D eigenvalue weighted by Gasteiger charge is 2.15. The van der Waals surface area contributed by atoms with E-state index in [4.69, 9.17) is 0 Å². The van der Waals surface area contributed by atoms with E-state index < -0.39 is 12.0 Å². The highest BCUT2D eigenvalue weighted by atomic mass is 127. The molecule has 1 unspecified atom stereocenters. The fourth-order valence-corrected chi connectivity index (χ4v) is 1.98. The van der Waals surface area contributed by atoms with Gasteiger partial charge in [-0.05, 0) is 47.2 Å². The summed E-state index contributed by atoms with van der Waals surface area (Å²) >= 11 is 2.02. The second-order valence-corrected chi connectivity index (χ2v) is 4.97. The van der Waals surface area contributed by atoms with E-state index in [1.54, 1.807) is 12.1 Å². The van der Waals surface area contributed by atoms with Gasteiger partial charge in [-0.3, -0.25) is 4.79 Å². The van der Waals surface area contributed by atoms with Crippen LogP contribution in [0.5, 0.6) is 5.75 Å². The van der Waals surface area contributed by atoms with Crippen molar-refractivity contribution in [2.45, 2.75) is 32.3 Å². The van der Waals surface area contributed by atoms with Gasteiger partial charge in [-0.15, -0.1) is 0 Å². The van der Waals surface area contributed by atoms with Crippen molar-refractivity contribution in [2.75, 3.05) is 5.32 Å². The fourth-order valence-electron chi connectivity index (χ4n) is 1.35. The molecule has 1 amide bonds. The molecule has 94 valence electrons. The van der Waals surface area contributed by atoms with Crippen LogP contribution in [0.4, 0.5) is 5.69 Å². The Kier molecular flexibility index (Phi) is 5.70. The van der Waals surface area contributed by atoms with Gasteiger partial charge in [0.1, 0.15) is 11.9 Å². The number of hydrogen-bond donors (Lipinski definition) is 3. The number of unbranched alkanes of at least 4 members (excludes halogenated alkanes) is 1. The molecule has 17 heavy (non-hydrogen) atoms. The van der Waals surface area contributed by atoms with Crippen LogP contribution in [-0.2, 0) is 4.79 Å². The quantitative estimate of drug-likeness (QED) is 0.565. The van der Waals surface area contributed by atoms with Gasteiger partial charge in [0.25, 0.3) is 5.91 Å². The van der Waals surface area contributed by atoms with E-state index in [1.165, 1.54) is 6.07 Å². The van der Waals surface area contributed by atoms with Crippen molar-refractivity contribution < 1.29 is 15.0 Å². The molecular weight excluding hydrogens is 333 g/mol. The zero-order chi connectivity index (χ0) is 12.8. The summed E-state index contributed by atoms with van der Waals surface area (Å²) in [6, 6.07) is 4.66. The van der Waals surface area contributed by atoms with E-state index >= 15 is 0 Å². The molecule has 0 aliphatic heterocycles. The average molecular weight is 349 g/mol. The highest BCUT2D eigenvalue weighted by molar-refractivity contribution is 14.1. The molecule has 1 atom stereocenters. The normalized spacial score (nSPS) is 12.2. The fraction of sp³-hybridized carbons (Fsp3) is 0.417. The Morgan fingerprint density at radius 2 is 2.24 bits per heavy atom. The molecule has 1 aromatic rings. The molecule has 0 saturated heterocycles. The van der Waals surface area contributed by atoms with Gasteiger partial charge in [0.15, 0.2) is 0 Å². The highest BCUT2D eigenvalue weighted by Crippen LogP contribution is 2.23. The number of halogens is 1. The first-order valence-electron chi connectivity index (χ1n) is 5.52. The van der Waals surface area contributed by atoms with Crippen LogP contribution in [0.3, 0.4) is 0 Å². The van der Waals surface area contributed by atoms with Gasteiger partial charge in [-0.1, -0.05) is 19.8 Å². The molecule has 0 radical (unpaired) electrons.